The molecule has 0 N–H and O–H groups in total. The largest absolute Gasteiger partial charge is 0.482 e. The Bertz CT molecular complexity index is 788. The van der Waals surface area contributed by atoms with Crippen molar-refractivity contribution in [1.29, 1.82) is 0 Å². The van der Waals surface area contributed by atoms with E-state index in [2.05, 4.69) is 56.6 Å². The number of aryl methyl sites for hydroxylation is 1. The zero-order valence-electron chi connectivity index (χ0n) is 16.4. The third-order valence-corrected chi connectivity index (χ3v) is 5.03. The van der Waals surface area contributed by atoms with E-state index in [1.54, 1.807) is 0 Å². The van der Waals surface area contributed by atoms with Gasteiger partial charge in [0, 0.05) is 10.0 Å². The van der Waals surface area contributed by atoms with E-state index < -0.39 is 5.97 Å². The Labute approximate surface area is 164 Å². The molecule has 0 saturated heterocycles. The van der Waals surface area contributed by atoms with Crippen molar-refractivity contribution in [2.24, 2.45) is 0 Å². The molecule has 2 rings (SSSR count). The van der Waals surface area contributed by atoms with Crippen LogP contribution in [0.25, 0.3) is 0 Å². The van der Waals surface area contributed by atoms with Crippen LogP contribution in [0.4, 0.5) is 0 Å². The van der Waals surface area contributed by atoms with Gasteiger partial charge in [-0.2, -0.15) is 0 Å². The van der Waals surface area contributed by atoms with Gasteiger partial charge in [-0.1, -0.05) is 68.7 Å². The van der Waals surface area contributed by atoms with Gasteiger partial charge in [-0.25, -0.2) is 4.79 Å². The number of hydrogen-bond acceptors (Lipinski definition) is 3. The first-order chi connectivity index (χ1) is 12.1. The minimum absolute atomic E-state index is 0.106. The Balaban J connectivity index is 2.13. The Morgan fingerprint density at radius 1 is 1.12 bits per heavy atom. The summed E-state index contributed by atoms with van der Waals surface area (Å²) in [5.41, 5.74) is 3.02. The van der Waals surface area contributed by atoms with Crippen LogP contribution < -0.4 is 9.47 Å². The summed E-state index contributed by atoms with van der Waals surface area (Å²) in [6.07, 6.45) is 0. The van der Waals surface area contributed by atoms with Gasteiger partial charge in [0.1, 0.15) is 11.5 Å². The highest BCUT2D eigenvalue weighted by Gasteiger charge is 2.20. The fourth-order valence-electron chi connectivity index (χ4n) is 2.71. The molecule has 0 aliphatic carbocycles. The summed E-state index contributed by atoms with van der Waals surface area (Å²) in [5, 5.41) is 0. The van der Waals surface area contributed by atoms with Crippen LogP contribution in [0.15, 0.2) is 40.9 Å². The number of esters is 1. The van der Waals surface area contributed by atoms with E-state index in [0.29, 0.717) is 11.7 Å². The second-order valence-electron chi connectivity index (χ2n) is 7.80. The first-order valence-electron chi connectivity index (χ1n) is 8.82. The van der Waals surface area contributed by atoms with E-state index in [1.165, 1.54) is 0 Å². The molecule has 140 valence electrons. The third kappa shape index (κ3) is 5.10. The molecule has 3 nitrogen and oxygen atoms in total. The quantitative estimate of drug-likeness (QED) is 0.430. The molecule has 0 unspecified atom stereocenters. The third-order valence-electron chi connectivity index (χ3n) is 4.18. The van der Waals surface area contributed by atoms with Crippen LogP contribution in [0.3, 0.4) is 0 Å². The lowest BCUT2D eigenvalue weighted by Gasteiger charge is -2.22. The molecular formula is C22H27BrO3. The molecule has 0 aromatic heterocycles. The summed E-state index contributed by atoms with van der Waals surface area (Å²) in [7, 11) is 0. The first kappa shape index (κ1) is 20.5. The van der Waals surface area contributed by atoms with Gasteiger partial charge in [0.15, 0.2) is 6.61 Å². The number of benzene rings is 2. The highest BCUT2D eigenvalue weighted by Crippen LogP contribution is 2.33. The van der Waals surface area contributed by atoms with E-state index in [0.717, 1.165) is 26.9 Å². The van der Waals surface area contributed by atoms with E-state index in [9.17, 15) is 4.79 Å². The van der Waals surface area contributed by atoms with Crippen molar-refractivity contribution in [3.63, 3.8) is 0 Å². The molecule has 0 aliphatic rings. The van der Waals surface area contributed by atoms with Crippen LogP contribution in [0, 0.1) is 6.92 Å². The summed E-state index contributed by atoms with van der Waals surface area (Å²) in [5.74, 6) is 1.20. The van der Waals surface area contributed by atoms with E-state index in [1.807, 2.05) is 37.3 Å². The van der Waals surface area contributed by atoms with Crippen molar-refractivity contribution >= 4 is 21.9 Å². The molecule has 0 atom stereocenters. The maximum Gasteiger partial charge on any atom is 0.349 e. The lowest BCUT2D eigenvalue weighted by molar-refractivity contribution is -0.136. The fourth-order valence-corrected chi connectivity index (χ4v) is 3.07. The number of ether oxygens (including phenoxy) is 2. The molecule has 0 aliphatic heterocycles. The number of carbonyl (C=O) groups is 1. The number of rotatable bonds is 5. The minimum Gasteiger partial charge on any atom is -0.482 e. The van der Waals surface area contributed by atoms with Crippen molar-refractivity contribution in [3.8, 4) is 11.5 Å². The lowest BCUT2D eigenvalue weighted by atomic mass is 9.86. The van der Waals surface area contributed by atoms with Crippen LogP contribution in [0.1, 0.15) is 57.2 Å². The van der Waals surface area contributed by atoms with E-state index in [-0.39, 0.29) is 12.0 Å². The van der Waals surface area contributed by atoms with Gasteiger partial charge in [0.05, 0.1) is 0 Å². The number of halogens is 1. The summed E-state index contributed by atoms with van der Waals surface area (Å²) in [4.78, 5) is 12.3. The maximum atomic E-state index is 12.3. The fraction of sp³-hybridized carbons (Fsp3) is 0.409. The summed E-state index contributed by atoms with van der Waals surface area (Å²) >= 11 is 3.55. The van der Waals surface area contributed by atoms with Gasteiger partial charge >= 0.3 is 5.97 Å². The van der Waals surface area contributed by atoms with E-state index >= 15 is 0 Å². The molecule has 0 heterocycles. The van der Waals surface area contributed by atoms with Crippen molar-refractivity contribution in [2.45, 2.75) is 52.9 Å². The van der Waals surface area contributed by atoms with Gasteiger partial charge in [-0.3, -0.25) is 0 Å². The predicted octanol–water partition coefficient (Wildman–Crippen LogP) is 6.16. The molecule has 26 heavy (non-hydrogen) atoms. The topological polar surface area (TPSA) is 35.5 Å². The van der Waals surface area contributed by atoms with Crippen LogP contribution >= 0.6 is 15.9 Å². The average Bonchev–Trinajstić information content (AvgIpc) is 2.55. The van der Waals surface area contributed by atoms with Gasteiger partial charge < -0.3 is 9.47 Å². The summed E-state index contributed by atoms with van der Waals surface area (Å²) in [6.45, 7) is 12.4. The Morgan fingerprint density at radius 2 is 1.77 bits per heavy atom. The molecule has 0 saturated carbocycles. The summed E-state index contributed by atoms with van der Waals surface area (Å²) in [6, 6.07) is 11.6. The Morgan fingerprint density at radius 3 is 2.38 bits per heavy atom. The lowest BCUT2D eigenvalue weighted by Crippen LogP contribution is -2.21. The number of para-hydroxylation sites is 1. The average molecular weight is 419 g/mol. The van der Waals surface area contributed by atoms with Crippen molar-refractivity contribution < 1.29 is 14.3 Å². The molecule has 2 aromatic rings. The van der Waals surface area contributed by atoms with Gasteiger partial charge in [-0.05, 0) is 47.6 Å². The zero-order chi connectivity index (χ0) is 19.5. The van der Waals surface area contributed by atoms with Crippen molar-refractivity contribution in [3.05, 3.63) is 57.6 Å². The predicted molar refractivity (Wildman–Crippen MR) is 109 cm³/mol. The maximum absolute atomic E-state index is 12.3. The SMILES string of the molecule is Cc1cc(OCC(=O)Oc2ccccc2C(C)(C)C)c(C(C)C)cc1Br. The Hall–Kier alpha value is -1.81. The molecule has 0 radical (unpaired) electrons. The van der Waals surface area contributed by atoms with Gasteiger partial charge in [-0.15, -0.1) is 0 Å². The second-order valence-corrected chi connectivity index (χ2v) is 8.66. The Kier molecular flexibility index (Phi) is 6.51. The van der Waals surface area contributed by atoms with Crippen LogP contribution in [-0.4, -0.2) is 12.6 Å². The van der Waals surface area contributed by atoms with Crippen molar-refractivity contribution in [2.75, 3.05) is 6.61 Å². The molecule has 0 amide bonds. The minimum atomic E-state index is -0.406. The smallest absolute Gasteiger partial charge is 0.349 e. The zero-order valence-corrected chi connectivity index (χ0v) is 17.9. The van der Waals surface area contributed by atoms with Crippen LogP contribution in [0.5, 0.6) is 11.5 Å². The van der Waals surface area contributed by atoms with Crippen molar-refractivity contribution in [1.82, 2.24) is 0 Å². The number of carbonyl (C=O) groups excluding carboxylic acids is 1. The summed E-state index contributed by atoms with van der Waals surface area (Å²) < 4.78 is 12.4. The monoisotopic (exact) mass is 418 g/mol. The van der Waals surface area contributed by atoms with Gasteiger partial charge in [0.25, 0.3) is 0 Å². The normalized spacial score (nSPS) is 11.5. The molecule has 0 fully saturated rings. The van der Waals surface area contributed by atoms with Crippen LogP contribution in [0.2, 0.25) is 0 Å². The molecule has 0 bridgehead atoms. The highest BCUT2D eigenvalue weighted by molar-refractivity contribution is 9.10. The number of hydrogen-bond donors (Lipinski definition) is 0. The van der Waals surface area contributed by atoms with Gasteiger partial charge in [0.2, 0.25) is 0 Å². The first-order valence-corrected chi connectivity index (χ1v) is 9.62. The van der Waals surface area contributed by atoms with E-state index in [4.69, 9.17) is 9.47 Å². The molecule has 0 spiro atoms. The molecule has 4 heteroatoms. The standard InChI is InChI=1S/C22H27BrO3/c1-14(2)16-12-18(23)15(3)11-20(16)25-13-21(24)26-19-10-8-7-9-17(19)22(4,5)6/h7-12,14H,13H2,1-6H3. The molecule has 2 aromatic carbocycles. The second kappa shape index (κ2) is 8.26. The highest BCUT2D eigenvalue weighted by atomic mass is 79.9. The van der Waals surface area contributed by atoms with Crippen LogP contribution in [-0.2, 0) is 10.2 Å². The molecular weight excluding hydrogens is 392 g/mol.